The van der Waals surface area contributed by atoms with Crippen LogP contribution in [0.3, 0.4) is 0 Å². The molecule has 0 heterocycles. The molecule has 1 aliphatic rings. The van der Waals surface area contributed by atoms with E-state index in [1.807, 2.05) is 73.7 Å². The van der Waals surface area contributed by atoms with E-state index in [4.69, 9.17) is 5.21 Å². The number of nitrogens with one attached hydrogen (secondary N) is 2. The molecule has 2 amide bonds. The van der Waals surface area contributed by atoms with Gasteiger partial charge in [-0.3, -0.25) is 14.8 Å². The number of hydrogen-bond acceptors (Lipinski definition) is 4. The van der Waals surface area contributed by atoms with Gasteiger partial charge in [-0.15, -0.1) is 0 Å². The fourth-order valence-corrected chi connectivity index (χ4v) is 4.60. The van der Waals surface area contributed by atoms with Crippen molar-refractivity contribution < 1.29 is 19.9 Å². The number of fused-ring (bicyclic) bond motifs is 1. The van der Waals surface area contributed by atoms with Crippen LogP contribution in [0.4, 0.5) is 0 Å². The summed E-state index contributed by atoms with van der Waals surface area (Å²) in [4.78, 5) is 25.4. The average molecular weight is 445 g/mol. The first-order valence-corrected chi connectivity index (χ1v) is 11.1. The monoisotopic (exact) mass is 444 g/mol. The summed E-state index contributed by atoms with van der Waals surface area (Å²) in [5.74, 6) is -1.68. The third-order valence-corrected chi connectivity index (χ3v) is 6.24. The SMILES string of the molecule is Cc1cccc(-c2ccccc2CC(CC(=O)NO)C(=O)NC2c3ccccc3CC2O)c1. The summed E-state index contributed by atoms with van der Waals surface area (Å²) < 4.78 is 0. The highest BCUT2D eigenvalue weighted by Crippen LogP contribution is 2.32. The molecule has 6 nitrogen and oxygen atoms in total. The molecule has 170 valence electrons. The number of hydroxylamine groups is 1. The van der Waals surface area contributed by atoms with Gasteiger partial charge in [-0.2, -0.15) is 0 Å². The van der Waals surface area contributed by atoms with Gasteiger partial charge in [-0.25, -0.2) is 5.48 Å². The van der Waals surface area contributed by atoms with Crippen LogP contribution in [0.1, 0.15) is 34.7 Å². The predicted molar refractivity (Wildman–Crippen MR) is 125 cm³/mol. The van der Waals surface area contributed by atoms with Crippen LogP contribution in [0.25, 0.3) is 11.1 Å². The van der Waals surface area contributed by atoms with E-state index in [1.165, 1.54) is 0 Å². The summed E-state index contributed by atoms with van der Waals surface area (Å²) in [7, 11) is 0. The van der Waals surface area contributed by atoms with Gasteiger partial charge in [-0.1, -0.05) is 78.4 Å². The molecule has 0 radical (unpaired) electrons. The molecular weight excluding hydrogens is 416 g/mol. The number of aryl methyl sites for hydroxylation is 1. The first-order valence-electron chi connectivity index (χ1n) is 11.1. The number of rotatable bonds is 7. The molecule has 4 rings (SSSR count). The number of benzene rings is 3. The minimum Gasteiger partial charge on any atom is -0.390 e. The maximum absolute atomic E-state index is 13.3. The molecule has 0 spiro atoms. The largest absolute Gasteiger partial charge is 0.390 e. The van der Waals surface area contributed by atoms with Gasteiger partial charge < -0.3 is 10.4 Å². The topological polar surface area (TPSA) is 98.7 Å². The Kier molecular flexibility index (Phi) is 6.87. The van der Waals surface area contributed by atoms with Crippen molar-refractivity contribution in [3.63, 3.8) is 0 Å². The molecule has 0 saturated heterocycles. The fourth-order valence-electron chi connectivity index (χ4n) is 4.60. The van der Waals surface area contributed by atoms with Crippen molar-refractivity contribution in [3.8, 4) is 11.1 Å². The molecule has 3 unspecified atom stereocenters. The Morgan fingerprint density at radius 1 is 1.03 bits per heavy atom. The molecule has 0 aromatic heterocycles. The van der Waals surface area contributed by atoms with E-state index in [2.05, 4.69) is 11.4 Å². The highest BCUT2D eigenvalue weighted by Gasteiger charge is 2.34. The van der Waals surface area contributed by atoms with E-state index in [0.717, 1.165) is 33.4 Å². The molecule has 6 heteroatoms. The Labute approximate surface area is 193 Å². The van der Waals surface area contributed by atoms with Crippen LogP contribution < -0.4 is 10.8 Å². The third-order valence-electron chi connectivity index (χ3n) is 6.24. The van der Waals surface area contributed by atoms with E-state index >= 15 is 0 Å². The molecular formula is C27H28N2O4. The van der Waals surface area contributed by atoms with Gasteiger partial charge in [0.1, 0.15) is 0 Å². The lowest BCUT2D eigenvalue weighted by atomic mass is 9.89. The number of carbonyl (C=O) groups is 2. The summed E-state index contributed by atoms with van der Waals surface area (Å²) in [6.45, 7) is 2.03. The van der Waals surface area contributed by atoms with Crippen LogP contribution in [0, 0.1) is 12.8 Å². The third kappa shape index (κ3) is 5.13. The second-order valence-electron chi connectivity index (χ2n) is 8.62. The van der Waals surface area contributed by atoms with Crippen molar-refractivity contribution in [3.05, 3.63) is 95.1 Å². The lowest BCUT2D eigenvalue weighted by Crippen LogP contribution is -2.40. The van der Waals surface area contributed by atoms with Crippen LogP contribution in [-0.2, 0) is 22.4 Å². The van der Waals surface area contributed by atoms with Gasteiger partial charge >= 0.3 is 0 Å². The molecule has 0 saturated carbocycles. The molecule has 1 aliphatic carbocycles. The predicted octanol–water partition coefficient (Wildman–Crippen LogP) is 3.49. The molecule has 0 aliphatic heterocycles. The van der Waals surface area contributed by atoms with Gasteiger partial charge in [-0.05, 0) is 41.2 Å². The molecule has 3 aromatic rings. The number of hydrogen-bond donors (Lipinski definition) is 4. The van der Waals surface area contributed by atoms with Gasteiger partial charge in [0.25, 0.3) is 0 Å². The average Bonchev–Trinajstić information content (AvgIpc) is 3.13. The van der Waals surface area contributed by atoms with Crippen molar-refractivity contribution in [1.82, 2.24) is 10.8 Å². The van der Waals surface area contributed by atoms with Crippen molar-refractivity contribution in [1.29, 1.82) is 0 Å². The van der Waals surface area contributed by atoms with Crippen LogP contribution in [0.5, 0.6) is 0 Å². The molecule has 0 bridgehead atoms. The summed E-state index contributed by atoms with van der Waals surface area (Å²) >= 11 is 0. The Hall–Kier alpha value is -3.48. The maximum atomic E-state index is 13.3. The summed E-state index contributed by atoms with van der Waals surface area (Å²) in [6, 6.07) is 23.0. The zero-order chi connectivity index (χ0) is 23.4. The summed E-state index contributed by atoms with van der Waals surface area (Å²) in [6.07, 6.45) is -0.111. The van der Waals surface area contributed by atoms with Crippen LogP contribution >= 0.6 is 0 Å². The lowest BCUT2D eigenvalue weighted by molar-refractivity contribution is -0.135. The number of amides is 2. The zero-order valence-corrected chi connectivity index (χ0v) is 18.5. The summed E-state index contributed by atoms with van der Waals surface area (Å²) in [5.41, 5.74) is 7.63. The highest BCUT2D eigenvalue weighted by molar-refractivity contribution is 5.86. The molecule has 0 fully saturated rings. The summed E-state index contributed by atoms with van der Waals surface area (Å²) in [5, 5.41) is 22.6. The van der Waals surface area contributed by atoms with Crippen LogP contribution in [0.2, 0.25) is 0 Å². The van der Waals surface area contributed by atoms with Gasteiger partial charge in [0.15, 0.2) is 0 Å². The van der Waals surface area contributed by atoms with Crippen LogP contribution in [-0.4, -0.2) is 28.2 Å². The quantitative estimate of drug-likeness (QED) is 0.331. The lowest BCUT2D eigenvalue weighted by Gasteiger charge is -2.23. The van der Waals surface area contributed by atoms with Crippen molar-refractivity contribution in [2.45, 2.75) is 38.3 Å². The van der Waals surface area contributed by atoms with E-state index in [-0.39, 0.29) is 12.3 Å². The van der Waals surface area contributed by atoms with Gasteiger partial charge in [0, 0.05) is 12.8 Å². The first kappa shape index (κ1) is 22.7. The Balaban J connectivity index is 1.60. The zero-order valence-electron chi connectivity index (χ0n) is 18.5. The van der Waals surface area contributed by atoms with Gasteiger partial charge in [0.05, 0.1) is 18.1 Å². The van der Waals surface area contributed by atoms with Gasteiger partial charge in [0.2, 0.25) is 11.8 Å². The Bertz CT molecular complexity index is 1160. The van der Waals surface area contributed by atoms with E-state index in [0.29, 0.717) is 12.8 Å². The minimum absolute atomic E-state index is 0.172. The Morgan fingerprint density at radius 3 is 2.58 bits per heavy atom. The smallest absolute Gasteiger partial charge is 0.244 e. The van der Waals surface area contributed by atoms with Crippen molar-refractivity contribution in [2.75, 3.05) is 0 Å². The number of carbonyl (C=O) groups excluding carboxylic acids is 2. The molecule has 4 N–H and O–H groups in total. The second kappa shape index (κ2) is 9.98. The Morgan fingerprint density at radius 2 is 1.79 bits per heavy atom. The molecule has 3 aromatic carbocycles. The van der Waals surface area contributed by atoms with Crippen molar-refractivity contribution in [2.24, 2.45) is 5.92 Å². The number of aliphatic hydroxyl groups excluding tert-OH is 1. The van der Waals surface area contributed by atoms with Crippen molar-refractivity contribution >= 4 is 11.8 Å². The second-order valence-corrected chi connectivity index (χ2v) is 8.62. The maximum Gasteiger partial charge on any atom is 0.244 e. The highest BCUT2D eigenvalue weighted by atomic mass is 16.5. The standard InChI is InChI=1S/C27H28N2O4/c1-17-7-6-10-18(13-17)22-11-4-2-8-19(22)14-21(16-25(31)29-33)27(32)28-26-23-12-5-3-9-20(23)15-24(26)30/h2-13,21,24,26,30,33H,14-16H2,1H3,(H,28,32)(H,29,31). The fraction of sp³-hybridized carbons (Fsp3) is 0.259. The first-order chi connectivity index (χ1) is 16.0. The van der Waals surface area contributed by atoms with Crippen LogP contribution in [0.15, 0.2) is 72.8 Å². The normalized spacial score (nSPS) is 17.8. The molecule has 3 atom stereocenters. The van der Waals surface area contributed by atoms with E-state index in [1.54, 1.807) is 5.48 Å². The number of aliphatic hydroxyl groups is 1. The minimum atomic E-state index is -0.724. The molecule has 33 heavy (non-hydrogen) atoms. The van der Waals surface area contributed by atoms with E-state index < -0.39 is 24.0 Å². The van der Waals surface area contributed by atoms with E-state index in [9.17, 15) is 14.7 Å².